The Kier molecular flexibility index (Phi) is 6.84. The third-order valence-corrected chi connectivity index (χ3v) is 2.32. The molecule has 3 atom stereocenters. The highest BCUT2D eigenvalue weighted by molar-refractivity contribution is 5.85. The van der Waals surface area contributed by atoms with Gasteiger partial charge in [0.1, 0.15) is 12.1 Å². The summed E-state index contributed by atoms with van der Waals surface area (Å²) in [4.78, 5) is 11.4. The van der Waals surface area contributed by atoms with Crippen LogP contribution in [0.15, 0.2) is 0 Å². The predicted octanol–water partition coefficient (Wildman–Crippen LogP) is 0.103. The normalized spacial score (nSPS) is 24.1. The maximum absolute atomic E-state index is 11.4. The number of carbonyl (C=O) groups excluding carboxylic acids is 1. The molecule has 0 aliphatic carbocycles. The lowest BCUT2D eigenvalue weighted by Gasteiger charge is -2.19. The molecule has 0 spiro atoms. The van der Waals surface area contributed by atoms with E-state index < -0.39 is 12.0 Å². The molecular formula is C9H18ClNO4. The molecule has 1 aliphatic heterocycles. The number of carbonyl (C=O) groups is 1. The van der Waals surface area contributed by atoms with Crippen LogP contribution in [0, 0.1) is 0 Å². The second-order valence-electron chi connectivity index (χ2n) is 3.39. The topological polar surface area (TPSA) is 70.8 Å². The average molecular weight is 240 g/mol. The Labute approximate surface area is 95.6 Å². The van der Waals surface area contributed by atoms with Gasteiger partial charge in [0.15, 0.2) is 0 Å². The molecule has 1 fully saturated rings. The largest absolute Gasteiger partial charge is 0.459 e. The summed E-state index contributed by atoms with van der Waals surface area (Å²) < 4.78 is 15.1. The fraction of sp³-hybridized carbons (Fsp3) is 0.889. The Morgan fingerprint density at radius 3 is 2.73 bits per heavy atom. The number of hydrogen-bond acceptors (Lipinski definition) is 5. The lowest BCUT2D eigenvalue weighted by Crippen LogP contribution is -2.43. The van der Waals surface area contributed by atoms with Crippen LogP contribution < -0.4 is 5.73 Å². The second-order valence-corrected chi connectivity index (χ2v) is 3.39. The smallest absolute Gasteiger partial charge is 0.325 e. The van der Waals surface area contributed by atoms with E-state index in [2.05, 4.69) is 0 Å². The standard InChI is InChI=1S/C9H17NO4.ClH/c1-6(12-2)8(10)9(11)14-7-3-4-13-5-7;/h6-8H,3-5,10H2,1-2H3;1H/t6-,7+,8-;/m0./s1. The summed E-state index contributed by atoms with van der Waals surface area (Å²) in [6.45, 7) is 2.85. The highest BCUT2D eigenvalue weighted by Crippen LogP contribution is 2.09. The lowest BCUT2D eigenvalue weighted by molar-refractivity contribution is -0.153. The molecule has 90 valence electrons. The van der Waals surface area contributed by atoms with Gasteiger partial charge in [0.05, 0.1) is 19.3 Å². The van der Waals surface area contributed by atoms with E-state index in [9.17, 15) is 4.79 Å². The summed E-state index contributed by atoms with van der Waals surface area (Å²) in [7, 11) is 1.51. The quantitative estimate of drug-likeness (QED) is 0.705. The van der Waals surface area contributed by atoms with Gasteiger partial charge in [-0.05, 0) is 6.92 Å². The number of nitrogens with two attached hydrogens (primary N) is 1. The van der Waals surface area contributed by atoms with E-state index in [1.165, 1.54) is 7.11 Å². The number of halogens is 1. The number of ether oxygens (including phenoxy) is 3. The molecule has 0 bridgehead atoms. The molecule has 1 heterocycles. The molecule has 0 unspecified atom stereocenters. The minimum atomic E-state index is -0.722. The molecule has 0 aromatic carbocycles. The molecule has 1 saturated heterocycles. The maximum atomic E-state index is 11.4. The third kappa shape index (κ3) is 4.34. The van der Waals surface area contributed by atoms with Crippen molar-refractivity contribution in [2.45, 2.75) is 31.6 Å². The summed E-state index contributed by atoms with van der Waals surface area (Å²) in [6, 6.07) is -0.722. The number of esters is 1. The Bertz CT molecular complexity index is 197. The fourth-order valence-corrected chi connectivity index (χ4v) is 1.19. The van der Waals surface area contributed by atoms with Crippen molar-refractivity contribution in [3.63, 3.8) is 0 Å². The molecule has 15 heavy (non-hydrogen) atoms. The van der Waals surface area contributed by atoms with Gasteiger partial charge < -0.3 is 19.9 Å². The Morgan fingerprint density at radius 1 is 1.60 bits per heavy atom. The van der Waals surface area contributed by atoms with Crippen LogP contribution in [0.5, 0.6) is 0 Å². The van der Waals surface area contributed by atoms with Crippen LogP contribution in [0.2, 0.25) is 0 Å². The number of hydrogen-bond donors (Lipinski definition) is 1. The van der Waals surface area contributed by atoms with Crippen LogP contribution in [-0.4, -0.2) is 44.5 Å². The molecule has 0 radical (unpaired) electrons. The number of rotatable bonds is 4. The van der Waals surface area contributed by atoms with Gasteiger partial charge in [-0.2, -0.15) is 0 Å². The van der Waals surface area contributed by atoms with Crippen molar-refractivity contribution in [1.29, 1.82) is 0 Å². The summed E-state index contributed by atoms with van der Waals surface area (Å²) in [5.74, 6) is -0.421. The van der Waals surface area contributed by atoms with E-state index >= 15 is 0 Å². The molecule has 6 heteroatoms. The van der Waals surface area contributed by atoms with E-state index in [-0.39, 0.29) is 24.6 Å². The van der Waals surface area contributed by atoms with Crippen molar-refractivity contribution in [3.8, 4) is 0 Å². The first kappa shape index (κ1) is 14.6. The SMILES string of the molecule is CO[C@@H](C)[C@H](N)C(=O)O[C@@H]1CCOC1.Cl. The molecule has 1 rings (SSSR count). The van der Waals surface area contributed by atoms with Gasteiger partial charge in [-0.15, -0.1) is 12.4 Å². The minimum absolute atomic E-state index is 0. The van der Waals surface area contributed by atoms with E-state index in [0.717, 1.165) is 6.42 Å². The molecule has 1 aliphatic rings. The van der Waals surface area contributed by atoms with Crippen LogP contribution in [0.25, 0.3) is 0 Å². The van der Waals surface area contributed by atoms with Crippen LogP contribution in [0.3, 0.4) is 0 Å². The zero-order valence-corrected chi connectivity index (χ0v) is 9.79. The second kappa shape index (κ2) is 7.00. The van der Waals surface area contributed by atoms with Crippen molar-refractivity contribution in [3.05, 3.63) is 0 Å². The fourth-order valence-electron chi connectivity index (χ4n) is 1.19. The maximum Gasteiger partial charge on any atom is 0.325 e. The van der Waals surface area contributed by atoms with Gasteiger partial charge in [0.2, 0.25) is 0 Å². The molecule has 0 aromatic heterocycles. The molecule has 2 N–H and O–H groups in total. The van der Waals surface area contributed by atoms with Crippen molar-refractivity contribution in [2.24, 2.45) is 5.73 Å². The third-order valence-electron chi connectivity index (χ3n) is 2.32. The Morgan fingerprint density at radius 2 is 2.27 bits per heavy atom. The Hall–Kier alpha value is -0.360. The summed E-state index contributed by atoms with van der Waals surface area (Å²) in [5.41, 5.74) is 5.61. The monoisotopic (exact) mass is 239 g/mol. The summed E-state index contributed by atoms with van der Waals surface area (Å²) in [5, 5.41) is 0. The molecule has 0 saturated carbocycles. The molecule has 5 nitrogen and oxygen atoms in total. The van der Waals surface area contributed by atoms with Gasteiger partial charge in [-0.3, -0.25) is 4.79 Å². The van der Waals surface area contributed by atoms with Crippen LogP contribution in [0.1, 0.15) is 13.3 Å². The zero-order chi connectivity index (χ0) is 10.6. The predicted molar refractivity (Wildman–Crippen MR) is 57.0 cm³/mol. The van der Waals surface area contributed by atoms with E-state index in [4.69, 9.17) is 19.9 Å². The first-order valence-corrected chi connectivity index (χ1v) is 4.71. The van der Waals surface area contributed by atoms with Crippen LogP contribution in [0.4, 0.5) is 0 Å². The highest BCUT2D eigenvalue weighted by atomic mass is 35.5. The minimum Gasteiger partial charge on any atom is -0.459 e. The van der Waals surface area contributed by atoms with Gasteiger partial charge in [-0.1, -0.05) is 0 Å². The van der Waals surface area contributed by atoms with Gasteiger partial charge in [-0.25, -0.2) is 0 Å². The first-order valence-electron chi connectivity index (χ1n) is 4.71. The zero-order valence-electron chi connectivity index (χ0n) is 8.97. The van der Waals surface area contributed by atoms with E-state index in [1.807, 2.05) is 0 Å². The summed E-state index contributed by atoms with van der Waals surface area (Å²) in [6.07, 6.45) is 0.280. The van der Waals surface area contributed by atoms with Gasteiger partial charge in [0.25, 0.3) is 0 Å². The lowest BCUT2D eigenvalue weighted by atomic mass is 10.2. The number of methoxy groups -OCH3 is 1. The van der Waals surface area contributed by atoms with E-state index in [0.29, 0.717) is 13.2 Å². The van der Waals surface area contributed by atoms with Crippen LogP contribution >= 0.6 is 12.4 Å². The van der Waals surface area contributed by atoms with Gasteiger partial charge in [0, 0.05) is 13.5 Å². The van der Waals surface area contributed by atoms with Crippen LogP contribution in [-0.2, 0) is 19.0 Å². The average Bonchev–Trinajstić information content (AvgIpc) is 2.68. The first-order chi connectivity index (χ1) is 6.65. The van der Waals surface area contributed by atoms with E-state index in [1.54, 1.807) is 6.92 Å². The summed E-state index contributed by atoms with van der Waals surface area (Å²) >= 11 is 0. The van der Waals surface area contributed by atoms with Crippen molar-refractivity contribution in [2.75, 3.05) is 20.3 Å². The van der Waals surface area contributed by atoms with Crippen molar-refractivity contribution in [1.82, 2.24) is 0 Å². The van der Waals surface area contributed by atoms with Gasteiger partial charge >= 0.3 is 5.97 Å². The highest BCUT2D eigenvalue weighted by Gasteiger charge is 2.26. The molecular weight excluding hydrogens is 222 g/mol. The van der Waals surface area contributed by atoms with Crippen molar-refractivity contribution >= 4 is 18.4 Å². The molecule has 0 aromatic rings. The Balaban J connectivity index is 0.00000196. The molecule has 0 amide bonds. The van der Waals surface area contributed by atoms with Crippen molar-refractivity contribution < 1.29 is 19.0 Å².